The van der Waals surface area contributed by atoms with Gasteiger partial charge in [-0.1, -0.05) is 58.4 Å². The van der Waals surface area contributed by atoms with Crippen LogP contribution in [0.15, 0.2) is 63.5 Å². The summed E-state index contributed by atoms with van der Waals surface area (Å²) in [5.74, 6) is 0.433. The molecule has 0 spiro atoms. The zero-order chi connectivity index (χ0) is 25.2. The summed E-state index contributed by atoms with van der Waals surface area (Å²) in [4.78, 5) is 19.9. The Morgan fingerprint density at radius 1 is 1.11 bits per heavy atom. The summed E-state index contributed by atoms with van der Waals surface area (Å²) in [6.45, 7) is 2.12. The number of rotatable bonds is 8. The van der Waals surface area contributed by atoms with Crippen molar-refractivity contribution in [1.29, 1.82) is 0 Å². The van der Waals surface area contributed by atoms with E-state index < -0.39 is 10.0 Å². The number of benzene rings is 2. The Morgan fingerprint density at radius 3 is 2.46 bits per heavy atom. The molecule has 0 aliphatic rings. The number of halogens is 2. The summed E-state index contributed by atoms with van der Waals surface area (Å²) in [7, 11) is -3.73. The highest BCUT2D eigenvalue weighted by Crippen LogP contribution is 2.27. The molecular weight excluding hydrogens is 531 g/mol. The maximum Gasteiger partial charge on any atom is 0.254 e. The molecule has 2 heterocycles. The molecule has 0 saturated carbocycles. The van der Waals surface area contributed by atoms with Crippen molar-refractivity contribution in [2.75, 3.05) is 0 Å². The maximum absolute atomic E-state index is 12.5. The Bertz CT molecular complexity index is 1520. The van der Waals surface area contributed by atoms with Gasteiger partial charge in [0.15, 0.2) is 5.16 Å². The lowest BCUT2D eigenvalue weighted by Crippen LogP contribution is -2.16. The van der Waals surface area contributed by atoms with Crippen LogP contribution in [0.1, 0.15) is 28.1 Å². The zero-order valence-electron chi connectivity index (χ0n) is 18.4. The first-order valence-corrected chi connectivity index (χ1v) is 13.5. The summed E-state index contributed by atoms with van der Waals surface area (Å²) in [5.41, 5.74) is 3.12. The molecule has 13 heteroatoms. The van der Waals surface area contributed by atoms with E-state index in [1.165, 1.54) is 23.9 Å². The van der Waals surface area contributed by atoms with E-state index in [9.17, 15) is 13.2 Å². The van der Waals surface area contributed by atoms with Gasteiger partial charge in [0.1, 0.15) is 0 Å². The Labute approximate surface area is 215 Å². The molecule has 0 bridgehead atoms. The van der Waals surface area contributed by atoms with Crippen LogP contribution in [0.2, 0.25) is 10.0 Å². The first-order chi connectivity index (χ1) is 16.6. The standard InChI is InChI=1S/C22H20Cl2N6O3S2/c1-13-20(9-17-18(23)3-2-4-19(17)24)26-22(27-21(13)31)34-12-15-11-30(29-28-15)10-14-5-7-16(8-6-14)35(25,32)33/h2-8,11H,9-10,12H2,1H3,(H2,25,32,33)(H,26,27,31). The van der Waals surface area contributed by atoms with Crippen molar-refractivity contribution in [3.05, 3.63) is 97.1 Å². The van der Waals surface area contributed by atoms with Crippen molar-refractivity contribution < 1.29 is 8.42 Å². The molecule has 0 aliphatic heterocycles. The molecule has 0 fully saturated rings. The van der Waals surface area contributed by atoms with Crippen molar-refractivity contribution in [3.63, 3.8) is 0 Å². The van der Waals surface area contributed by atoms with E-state index in [1.54, 1.807) is 48.1 Å². The van der Waals surface area contributed by atoms with E-state index in [4.69, 9.17) is 28.3 Å². The smallest absolute Gasteiger partial charge is 0.254 e. The topological polar surface area (TPSA) is 137 Å². The Kier molecular flexibility index (Phi) is 7.62. The number of sulfonamides is 1. The third kappa shape index (κ3) is 6.30. The largest absolute Gasteiger partial charge is 0.301 e. The zero-order valence-corrected chi connectivity index (χ0v) is 21.5. The molecule has 0 aliphatic carbocycles. The molecule has 0 unspecified atom stereocenters. The van der Waals surface area contributed by atoms with Crippen LogP contribution in [0.5, 0.6) is 0 Å². The van der Waals surface area contributed by atoms with Gasteiger partial charge in [-0.05, 0) is 42.3 Å². The maximum atomic E-state index is 12.5. The lowest BCUT2D eigenvalue weighted by molar-refractivity contribution is 0.597. The van der Waals surface area contributed by atoms with E-state index in [-0.39, 0.29) is 10.5 Å². The fourth-order valence-electron chi connectivity index (χ4n) is 3.26. The molecule has 0 amide bonds. The molecule has 35 heavy (non-hydrogen) atoms. The van der Waals surface area contributed by atoms with E-state index in [0.29, 0.717) is 56.4 Å². The highest BCUT2D eigenvalue weighted by molar-refractivity contribution is 7.98. The number of nitrogens with zero attached hydrogens (tertiary/aromatic N) is 4. The number of hydrogen-bond acceptors (Lipinski definition) is 7. The van der Waals surface area contributed by atoms with Crippen LogP contribution >= 0.6 is 35.0 Å². The van der Waals surface area contributed by atoms with Crippen molar-refractivity contribution >= 4 is 45.0 Å². The second-order valence-corrected chi connectivity index (χ2v) is 11.0. The van der Waals surface area contributed by atoms with Gasteiger partial charge in [-0.3, -0.25) is 4.79 Å². The van der Waals surface area contributed by atoms with E-state index in [2.05, 4.69) is 20.3 Å². The number of nitrogens with two attached hydrogens (primary N) is 1. The number of primary sulfonamides is 1. The van der Waals surface area contributed by atoms with Crippen molar-refractivity contribution in [3.8, 4) is 0 Å². The fourth-order valence-corrected chi connectivity index (χ4v) is 5.06. The molecular formula is C22H20Cl2N6O3S2. The number of aromatic nitrogens is 5. The summed E-state index contributed by atoms with van der Waals surface area (Å²) < 4.78 is 24.4. The van der Waals surface area contributed by atoms with E-state index in [1.807, 2.05) is 0 Å². The van der Waals surface area contributed by atoms with Crippen LogP contribution < -0.4 is 10.7 Å². The normalized spacial score (nSPS) is 11.7. The first-order valence-electron chi connectivity index (χ1n) is 10.3. The minimum Gasteiger partial charge on any atom is -0.301 e. The molecule has 2 aromatic heterocycles. The van der Waals surface area contributed by atoms with Crippen LogP contribution in [0, 0.1) is 6.92 Å². The SMILES string of the molecule is Cc1c(Cc2c(Cl)cccc2Cl)nc(SCc2cn(Cc3ccc(S(N)(=O)=O)cc3)nn2)[nH]c1=O. The molecule has 4 rings (SSSR count). The molecule has 0 atom stereocenters. The van der Waals surface area contributed by atoms with Gasteiger partial charge in [-0.15, -0.1) is 5.10 Å². The Balaban J connectivity index is 1.44. The van der Waals surface area contributed by atoms with Crippen molar-refractivity contribution in [1.82, 2.24) is 25.0 Å². The summed E-state index contributed by atoms with van der Waals surface area (Å²) in [5, 5.41) is 14.9. The van der Waals surface area contributed by atoms with E-state index in [0.717, 1.165) is 5.56 Å². The molecule has 0 saturated heterocycles. The van der Waals surface area contributed by atoms with Gasteiger partial charge >= 0.3 is 0 Å². The van der Waals surface area contributed by atoms with Gasteiger partial charge in [-0.2, -0.15) is 0 Å². The van der Waals surface area contributed by atoms with E-state index >= 15 is 0 Å². The molecule has 4 aromatic rings. The van der Waals surface area contributed by atoms with Crippen molar-refractivity contribution in [2.24, 2.45) is 5.14 Å². The number of hydrogen-bond donors (Lipinski definition) is 2. The van der Waals surface area contributed by atoms with Gasteiger partial charge < -0.3 is 4.98 Å². The molecule has 0 radical (unpaired) electrons. The van der Waals surface area contributed by atoms with Gasteiger partial charge in [0, 0.05) is 34.0 Å². The van der Waals surface area contributed by atoms with Crippen LogP contribution in [0.3, 0.4) is 0 Å². The van der Waals surface area contributed by atoms with Crippen LogP contribution in [0.25, 0.3) is 0 Å². The van der Waals surface area contributed by atoms with Gasteiger partial charge in [0.25, 0.3) is 5.56 Å². The first kappa shape index (κ1) is 25.4. The third-order valence-corrected chi connectivity index (χ3v) is 7.72. The second-order valence-electron chi connectivity index (χ2n) is 7.70. The van der Waals surface area contributed by atoms with Crippen LogP contribution in [-0.2, 0) is 28.7 Å². The predicted molar refractivity (Wildman–Crippen MR) is 135 cm³/mol. The van der Waals surface area contributed by atoms with Crippen molar-refractivity contribution in [2.45, 2.75) is 35.7 Å². The second kappa shape index (κ2) is 10.5. The molecule has 2 aromatic carbocycles. The Morgan fingerprint density at radius 2 is 1.80 bits per heavy atom. The van der Waals surface area contributed by atoms with Gasteiger partial charge in [-0.25, -0.2) is 23.2 Å². The molecule has 9 nitrogen and oxygen atoms in total. The number of thioether (sulfide) groups is 1. The highest BCUT2D eigenvalue weighted by Gasteiger charge is 2.14. The molecule has 182 valence electrons. The average molecular weight is 551 g/mol. The van der Waals surface area contributed by atoms with Crippen LogP contribution in [-0.4, -0.2) is 33.4 Å². The Hall–Kier alpha value is -2.70. The minimum atomic E-state index is -3.73. The number of H-pyrrole nitrogens is 1. The summed E-state index contributed by atoms with van der Waals surface area (Å²) >= 11 is 13.9. The molecule has 3 N–H and O–H groups in total. The minimum absolute atomic E-state index is 0.0488. The highest BCUT2D eigenvalue weighted by atomic mass is 35.5. The quantitative estimate of drug-likeness (QED) is 0.252. The fraction of sp³-hybridized carbons (Fsp3) is 0.182. The number of aromatic amines is 1. The van der Waals surface area contributed by atoms with Gasteiger partial charge in [0.2, 0.25) is 10.0 Å². The van der Waals surface area contributed by atoms with Gasteiger partial charge in [0.05, 0.1) is 22.8 Å². The lowest BCUT2D eigenvalue weighted by atomic mass is 10.1. The van der Waals surface area contributed by atoms with Crippen LogP contribution in [0.4, 0.5) is 0 Å². The average Bonchev–Trinajstić information content (AvgIpc) is 3.25. The third-order valence-electron chi connectivity index (χ3n) is 5.18. The summed E-state index contributed by atoms with van der Waals surface area (Å²) in [6, 6.07) is 11.5. The monoisotopic (exact) mass is 550 g/mol. The number of nitrogens with one attached hydrogen (secondary N) is 1. The summed E-state index contributed by atoms with van der Waals surface area (Å²) in [6.07, 6.45) is 2.11. The predicted octanol–water partition coefficient (Wildman–Crippen LogP) is 3.56. The lowest BCUT2D eigenvalue weighted by Gasteiger charge is -2.10.